The summed E-state index contributed by atoms with van der Waals surface area (Å²) < 4.78 is 0. The molecule has 0 amide bonds. The lowest BCUT2D eigenvalue weighted by molar-refractivity contribution is 0.0379. The van der Waals surface area contributed by atoms with E-state index in [1.165, 1.54) is 27.7 Å². The van der Waals surface area contributed by atoms with Gasteiger partial charge in [0.1, 0.15) is 0 Å². The maximum Gasteiger partial charge on any atom is 0.0889 e. The average Bonchev–Trinajstić information content (AvgIpc) is 2.89. The lowest BCUT2D eigenvalue weighted by atomic mass is 9.83. The molecule has 4 nitrogen and oxygen atoms in total. The summed E-state index contributed by atoms with van der Waals surface area (Å²) in [5.74, 6) is 0.290. The van der Waals surface area contributed by atoms with Gasteiger partial charge in [-0.2, -0.15) is 0 Å². The normalized spacial score (nSPS) is 20.5. The molecular weight excluding hydrogens is 322 g/mol. The van der Waals surface area contributed by atoms with Crippen molar-refractivity contribution in [3.8, 4) is 0 Å². The van der Waals surface area contributed by atoms with E-state index < -0.39 is 5.60 Å². The number of H-pyrrole nitrogens is 1. The highest BCUT2D eigenvalue weighted by Crippen LogP contribution is 2.40. The molecule has 2 unspecified atom stereocenters. The fourth-order valence-corrected chi connectivity index (χ4v) is 4.25. The summed E-state index contributed by atoms with van der Waals surface area (Å²) in [6.45, 7) is 6.03. The van der Waals surface area contributed by atoms with Crippen molar-refractivity contribution < 1.29 is 5.11 Å². The fraction of sp³-hybridized carbons (Fsp3) is 0.409. The van der Waals surface area contributed by atoms with Crippen molar-refractivity contribution >= 4 is 10.9 Å². The number of benzene rings is 1. The summed E-state index contributed by atoms with van der Waals surface area (Å²) in [6.07, 6.45) is 5.24. The molecule has 4 rings (SSSR count). The average molecular weight is 349 g/mol. The highest BCUT2D eigenvalue weighted by molar-refractivity contribution is 5.85. The second kappa shape index (κ2) is 6.53. The summed E-state index contributed by atoms with van der Waals surface area (Å²) in [5.41, 5.74) is 5.14. The number of pyridine rings is 1. The molecule has 2 aromatic heterocycles. The van der Waals surface area contributed by atoms with Crippen LogP contribution in [-0.4, -0.2) is 33.6 Å². The number of nitrogens with zero attached hydrogens (tertiary/aromatic N) is 2. The number of hydrogen-bond acceptors (Lipinski definition) is 3. The van der Waals surface area contributed by atoms with E-state index in [9.17, 15) is 5.11 Å². The summed E-state index contributed by atoms with van der Waals surface area (Å²) in [6, 6.07) is 10.5. The van der Waals surface area contributed by atoms with Crippen molar-refractivity contribution in [2.75, 3.05) is 13.6 Å². The van der Waals surface area contributed by atoms with Gasteiger partial charge in [0.25, 0.3) is 0 Å². The predicted molar refractivity (Wildman–Crippen MR) is 105 cm³/mol. The van der Waals surface area contributed by atoms with Gasteiger partial charge in [-0.15, -0.1) is 0 Å². The molecule has 0 bridgehead atoms. The van der Waals surface area contributed by atoms with E-state index in [2.05, 4.69) is 47.0 Å². The molecule has 3 heterocycles. The zero-order valence-corrected chi connectivity index (χ0v) is 15.8. The Hall–Kier alpha value is -2.17. The molecule has 0 fully saturated rings. The van der Waals surface area contributed by atoms with Gasteiger partial charge in [0.15, 0.2) is 0 Å². The fourth-order valence-electron chi connectivity index (χ4n) is 4.25. The lowest BCUT2D eigenvalue weighted by Crippen LogP contribution is -2.25. The third-order valence-electron chi connectivity index (χ3n) is 5.72. The Bertz CT molecular complexity index is 914. The van der Waals surface area contributed by atoms with Gasteiger partial charge in [0.05, 0.1) is 5.60 Å². The van der Waals surface area contributed by atoms with Gasteiger partial charge in [-0.05, 0) is 64.0 Å². The third kappa shape index (κ3) is 3.15. The molecule has 1 aliphatic rings. The van der Waals surface area contributed by atoms with Crippen LogP contribution in [0.15, 0.2) is 42.7 Å². The monoisotopic (exact) mass is 349 g/mol. The Balaban J connectivity index is 1.75. The molecule has 136 valence electrons. The van der Waals surface area contributed by atoms with Crippen LogP contribution in [-0.2, 0) is 12.1 Å². The maximum absolute atomic E-state index is 11.2. The van der Waals surface area contributed by atoms with E-state index >= 15 is 0 Å². The van der Waals surface area contributed by atoms with Crippen molar-refractivity contribution in [2.45, 2.75) is 44.8 Å². The Morgan fingerprint density at radius 3 is 2.96 bits per heavy atom. The molecule has 26 heavy (non-hydrogen) atoms. The quantitative estimate of drug-likeness (QED) is 0.749. The van der Waals surface area contributed by atoms with Crippen LogP contribution >= 0.6 is 0 Å². The molecule has 1 aromatic carbocycles. The Morgan fingerprint density at radius 1 is 1.35 bits per heavy atom. The summed E-state index contributed by atoms with van der Waals surface area (Å²) in [7, 11) is 2.18. The maximum atomic E-state index is 11.2. The van der Waals surface area contributed by atoms with E-state index in [4.69, 9.17) is 0 Å². The predicted octanol–water partition coefficient (Wildman–Crippen LogP) is 4.09. The smallest absolute Gasteiger partial charge is 0.0889 e. The summed E-state index contributed by atoms with van der Waals surface area (Å²) in [5, 5.41) is 12.5. The molecule has 4 heteroatoms. The van der Waals surface area contributed by atoms with Crippen LogP contribution in [0.2, 0.25) is 0 Å². The first-order chi connectivity index (χ1) is 12.4. The number of aryl methyl sites for hydroxylation is 1. The van der Waals surface area contributed by atoms with Crippen LogP contribution in [0, 0.1) is 6.92 Å². The van der Waals surface area contributed by atoms with Gasteiger partial charge in [-0.1, -0.05) is 17.7 Å². The third-order valence-corrected chi connectivity index (χ3v) is 5.72. The zero-order valence-electron chi connectivity index (χ0n) is 15.8. The van der Waals surface area contributed by atoms with E-state index in [-0.39, 0.29) is 5.92 Å². The van der Waals surface area contributed by atoms with Crippen LogP contribution in [0.1, 0.15) is 48.1 Å². The highest BCUT2D eigenvalue weighted by Gasteiger charge is 2.32. The second-order valence-electron chi connectivity index (χ2n) is 8.01. The van der Waals surface area contributed by atoms with Gasteiger partial charge < -0.3 is 15.0 Å². The highest BCUT2D eigenvalue weighted by atomic mass is 16.3. The topological polar surface area (TPSA) is 52.2 Å². The number of aliphatic hydroxyl groups is 1. The van der Waals surface area contributed by atoms with Crippen LogP contribution in [0.5, 0.6) is 0 Å². The minimum absolute atomic E-state index is 0.290. The molecule has 1 aliphatic heterocycles. The molecule has 0 saturated heterocycles. The van der Waals surface area contributed by atoms with E-state index in [0.29, 0.717) is 6.42 Å². The number of aromatic nitrogens is 2. The molecule has 2 atom stereocenters. The number of fused-ring (bicyclic) bond motifs is 3. The Labute approximate surface area is 154 Å². The Morgan fingerprint density at radius 2 is 2.19 bits per heavy atom. The first-order valence-corrected chi connectivity index (χ1v) is 9.36. The van der Waals surface area contributed by atoms with Crippen molar-refractivity contribution in [1.29, 1.82) is 0 Å². The van der Waals surface area contributed by atoms with Crippen molar-refractivity contribution in [3.63, 3.8) is 0 Å². The number of hydrogen-bond donors (Lipinski definition) is 2. The molecule has 0 saturated carbocycles. The summed E-state index contributed by atoms with van der Waals surface area (Å²) in [4.78, 5) is 10.2. The second-order valence-corrected chi connectivity index (χ2v) is 8.01. The first-order valence-electron chi connectivity index (χ1n) is 9.36. The number of aromatic amines is 1. The van der Waals surface area contributed by atoms with Gasteiger partial charge in [0.2, 0.25) is 0 Å². The van der Waals surface area contributed by atoms with Gasteiger partial charge >= 0.3 is 0 Å². The van der Waals surface area contributed by atoms with Gasteiger partial charge in [0, 0.05) is 47.0 Å². The van der Waals surface area contributed by atoms with Crippen LogP contribution in [0.25, 0.3) is 10.9 Å². The molecule has 3 aromatic rings. The van der Waals surface area contributed by atoms with Crippen molar-refractivity contribution in [3.05, 3.63) is 65.1 Å². The molecule has 0 radical (unpaired) electrons. The molecule has 0 aliphatic carbocycles. The first kappa shape index (κ1) is 17.3. The Kier molecular flexibility index (Phi) is 4.33. The minimum Gasteiger partial charge on any atom is -0.385 e. The number of nitrogens with one attached hydrogen (secondary N) is 1. The van der Waals surface area contributed by atoms with Crippen molar-refractivity contribution in [1.82, 2.24) is 14.9 Å². The standard InChI is InChI=1S/C22H27N3O/c1-15-6-7-20-18(11-15)19-14-25(3)10-8-16(21(19)24-20)12-22(2,26)17-5-4-9-23-13-17/h4-7,9,11,13,16,24,26H,8,10,12,14H2,1-3H3. The minimum atomic E-state index is -0.897. The largest absolute Gasteiger partial charge is 0.385 e. The van der Waals surface area contributed by atoms with E-state index in [0.717, 1.165) is 25.1 Å². The summed E-state index contributed by atoms with van der Waals surface area (Å²) >= 11 is 0. The molecular formula is C22H27N3O. The van der Waals surface area contributed by atoms with Crippen LogP contribution in [0.4, 0.5) is 0 Å². The van der Waals surface area contributed by atoms with Gasteiger partial charge in [-0.25, -0.2) is 0 Å². The van der Waals surface area contributed by atoms with Crippen LogP contribution < -0.4 is 0 Å². The van der Waals surface area contributed by atoms with Crippen molar-refractivity contribution in [2.24, 2.45) is 0 Å². The molecule has 0 spiro atoms. The van der Waals surface area contributed by atoms with E-state index in [1.54, 1.807) is 12.4 Å². The van der Waals surface area contributed by atoms with Crippen LogP contribution in [0.3, 0.4) is 0 Å². The van der Waals surface area contributed by atoms with E-state index in [1.807, 2.05) is 19.1 Å². The zero-order chi connectivity index (χ0) is 18.3. The lowest BCUT2D eigenvalue weighted by Gasteiger charge is -2.28. The SMILES string of the molecule is Cc1ccc2[nH]c3c(c2c1)CN(C)CCC3CC(C)(O)c1cccnc1. The number of rotatable bonds is 3. The molecule has 2 N–H and O–H groups in total. The van der Waals surface area contributed by atoms with Gasteiger partial charge in [-0.3, -0.25) is 4.98 Å².